The Bertz CT molecular complexity index is 594. The van der Waals surface area contributed by atoms with Gasteiger partial charge in [0.25, 0.3) is 0 Å². The highest BCUT2D eigenvalue weighted by Gasteiger charge is 2.04. The van der Waals surface area contributed by atoms with Crippen LogP contribution in [-0.4, -0.2) is 32.3 Å². The average Bonchev–Trinajstić information content (AvgIpc) is 2.48. The summed E-state index contributed by atoms with van der Waals surface area (Å²) in [5.74, 6) is 0.900. The molecule has 4 heteroatoms. The van der Waals surface area contributed by atoms with E-state index < -0.39 is 0 Å². The van der Waals surface area contributed by atoms with E-state index in [0.717, 1.165) is 29.1 Å². The number of nitrogens with zero attached hydrogens (tertiary/aromatic N) is 2. The van der Waals surface area contributed by atoms with E-state index in [9.17, 15) is 0 Å². The summed E-state index contributed by atoms with van der Waals surface area (Å²) in [4.78, 5) is 2.11. The number of hydrazone groups is 1. The average molecular weight is 283 g/mol. The largest absolute Gasteiger partial charge is 0.496 e. The van der Waals surface area contributed by atoms with Crippen LogP contribution in [0.5, 0.6) is 5.75 Å². The summed E-state index contributed by atoms with van der Waals surface area (Å²) in [6.45, 7) is 0.830. The second kappa shape index (κ2) is 7.45. The lowest BCUT2D eigenvalue weighted by molar-refractivity contribution is 0.372. The summed E-state index contributed by atoms with van der Waals surface area (Å²) in [6, 6.07) is 15.9. The van der Waals surface area contributed by atoms with Crippen LogP contribution < -0.4 is 10.2 Å². The molecule has 0 aliphatic carbocycles. The molecule has 0 amide bonds. The van der Waals surface area contributed by atoms with Gasteiger partial charge in [0, 0.05) is 12.1 Å². The lowest BCUT2D eigenvalue weighted by atomic mass is 10.1. The highest BCUT2D eigenvalue weighted by molar-refractivity contribution is 5.81. The Labute approximate surface area is 126 Å². The second-order valence-electron chi connectivity index (χ2n) is 5.05. The van der Waals surface area contributed by atoms with Crippen molar-refractivity contribution in [1.29, 1.82) is 0 Å². The van der Waals surface area contributed by atoms with Crippen LogP contribution in [0.2, 0.25) is 0 Å². The van der Waals surface area contributed by atoms with Crippen molar-refractivity contribution in [3.63, 3.8) is 0 Å². The number of rotatable bonds is 6. The van der Waals surface area contributed by atoms with Crippen LogP contribution in [0.25, 0.3) is 0 Å². The van der Waals surface area contributed by atoms with Gasteiger partial charge in [0.05, 0.1) is 19.0 Å². The first-order valence-electron chi connectivity index (χ1n) is 6.85. The summed E-state index contributed by atoms with van der Waals surface area (Å²) < 4.78 is 5.39. The van der Waals surface area contributed by atoms with Crippen molar-refractivity contribution in [1.82, 2.24) is 4.90 Å². The van der Waals surface area contributed by atoms with Gasteiger partial charge in [0.1, 0.15) is 5.75 Å². The van der Waals surface area contributed by atoms with Gasteiger partial charge in [-0.25, -0.2) is 0 Å². The molecule has 0 aromatic heterocycles. The minimum atomic E-state index is 0.830. The number of hydrogen-bond donors (Lipinski definition) is 1. The van der Waals surface area contributed by atoms with E-state index in [1.165, 1.54) is 0 Å². The van der Waals surface area contributed by atoms with Crippen molar-refractivity contribution in [2.45, 2.75) is 6.54 Å². The van der Waals surface area contributed by atoms with Gasteiger partial charge < -0.3 is 9.64 Å². The predicted octanol–water partition coefficient (Wildman–Crippen LogP) is 3.20. The van der Waals surface area contributed by atoms with Gasteiger partial charge in [-0.3, -0.25) is 5.43 Å². The molecule has 0 aliphatic rings. The van der Waals surface area contributed by atoms with E-state index in [2.05, 4.69) is 21.5 Å². The highest BCUT2D eigenvalue weighted by atomic mass is 16.5. The fourth-order valence-electron chi connectivity index (χ4n) is 2.04. The number of methoxy groups -OCH3 is 1. The molecule has 0 saturated heterocycles. The maximum Gasteiger partial charge on any atom is 0.123 e. The van der Waals surface area contributed by atoms with Crippen molar-refractivity contribution < 1.29 is 4.74 Å². The number of nitrogens with one attached hydrogen (secondary N) is 1. The molecule has 0 atom stereocenters. The zero-order chi connectivity index (χ0) is 15.1. The molecule has 4 nitrogen and oxygen atoms in total. The van der Waals surface area contributed by atoms with Gasteiger partial charge in [-0.05, 0) is 50.0 Å². The third-order valence-electron chi connectivity index (χ3n) is 2.97. The molecule has 0 fully saturated rings. The van der Waals surface area contributed by atoms with E-state index in [0.29, 0.717) is 0 Å². The first kappa shape index (κ1) is 15.1. The molecule has 1 N–H and O–H groups in total. The smallest absolute Gasteiger partial charge is 0.123 e. The number of hydrogen-bond acceptors (Lipinski definition) is 4. The standard InChI is InChI=1S/C17H21N3O/c1-20(2)13-15-11-14(9-10-17(15)21-3)12-18-19-16-7-5-4-6-8-16/h4-12,19H,13H2,1-3H3. The maximum absolute atomic E-state index is 5.39. The van der Waals surface area contributed by atoms with Gasteiger partial charge in [-0.15, -0.1) is 0 Å². The van der Waals surface area contributed by atoms with Crippen LogP contribution in [0.1, 0.15) is 11.1 Å². The van der Waals surface area contributed by atoms with Crippen LogP contribution in [0.3, 0.4) is 0 Å². The summed E-state index contributed by atoms with van der Waals surface area (Å²) >= 11 is 0. The van der Waals surface area contributed by atoms with Gasteiger partial charge in [0.15, 0.2) is 0 Å². The Morgan fingerprint density at radius 3 is 2.57 bits per heavy atom. The fourth-order valence-corrected chi connectivity index (χ4v) is 2.04. The molecule has 0 bridgehead atoms. The predicted molar refractivity (Wildman–Crippen MR) is 88.0 cm³/mol. The summed E-state index contributed by atoms with van der Waals surface area (Å²) in [5, 5.41) is 4.26. The number of para-hydroxylation sites is 1. The van der Waals surface area contributed by atoms with Gasteiger partial charge >= 0.3 is 0 Å². The first-order valence-corrected chi connectivity index (χ1v) is 6.85. The van der Waals surface area contributed by atoms with Crippen molar-refractivity contribution in [2.24, 2.45) is 5.10 Å². The molecule has 0 heterocycles. The van der Waals surface area contributed by atoms with Crippen molar-refractivity contribution in [3.8, 4) is 5.75 Å². The molecule has 0 saturated carbocycles. The topological polar surface area (TPSA) is 36.9 Å². The lowest BCUT2D eigenvalue weighted by Gasteiger charge is -2.13. The molecular weight excluding hydrogens is 262 g/mol. The first-order chi connectivity index (χ1) is 10.2. The summed E-state index contributed by atoms with van der Waals surface area (Å²) in [5.41, 5.74) is 6.16. The van der Waals surface area contributed by atoms with Crippen molar-refractivity contribution in [3.05, 3.63) is 59.7 Å². The van der Waals surface area contributed by atoms with Gasteiger partial charge in [-0.1, -0.05) is 18.2 Å². The Morgan fingerprint density at radius 2 is 1.90 bits per heavy atom. The molecule has 0 aliphatic heterocycles. The van der Waals surface area contributed by atoms with Gasteiger partial charge in [0.2, 0.25) is 0 Å². The van der Waals surface area contributed by atoms with E-state index in [4.69, 9.17) is 4.74 Å². The Morgan fingerprint density at radius 1 is 1.14 bits per heavy atom. The quantitative estimate of drug-likeness (QED) is 0.653. The molecule has 0 spiro atoms. The molecule has 2 aromatic carbocycles. The normalized spacial score (nSPS) is 11.0. The molecule has 2 aromatic rings. The van der Waals surface area contributed by atoms with Crippen LogP contribution in [0.4, 0.5) is 5.69 Å². The van der Waals surface area contributed by atoms with Crippen LogP contribution in [0.15, 0.2) is 53.6 Å². The monoisotopic (exact) mass is 283 g/mol. The molecule has 110 valence electrons. The number of ether oxygens (including phenoxy) is 1. The number of anilines is 1. The Hall–Kier alpha value is -2.33. The summed E-state index contributed by atoms with van der Waals surface area (Å²) in [7, 11) is 5.77. The Kier molecular flexibility index (Phi) is 5.35. The van der Waals surface area contributed by atoms with Crippen LogP contribution in [-0.2, 0) is 6.54 Å². The number of benzene rings is 2. The Balaban J connectivity index is 2.09. The highest BCUT2D eigenvalue weighted by Crippen LogP contribution is 2.20. The SMILES string of the molecule is COc1ccc(C=NNc2ccccc2)cc1CN(C)C. The van der Waals surface area contributed by atoms with Crippen molar-refractivity contribution in [2.75, 3.05) is 26.6 Å². The second-order valence-corrected chi connectivity index (χ2v) is 5.05. The molecule has 21 heavy (non-hydrogen) atoms. The van der Waals surface area contributed by atoms with Gasteiger partial charge in [-0.2, -0.15) is 5.10 Å². The maximum atomic E-state index is 5.39. The minimum Gasteiger partial charge on any atom is -0.496 e. The molecule has 0 unspecified atom stereocenters. The third-order valence-corrected chi connectivity index (χ3v) is 2.97. The zero-order valence-electron chi connectivity index (χ0n) is 12.7. The zero-order valence-corrected chi connectivity index (χ0v) is 12.7. The minimum absolute atomic E-state index is 0.830. The molecule has 0 radical (unpaired) electrons. The third kappa shape index (κ3) is 4.61. The lowest BCUT2D eigenvalue weighted by Crippen LogP contribution is -2.11. The van der Waals surface area contributed by atoms with E-state index >= 15 is 0 Å². The van der Waals surface area contributed by atoms with E-state index in [1.807, 2.05) is 62.8 Å². The summed E-state index contributed by atoms with van der Waals surface area (Å²) in [6.07, 6.45) is 1.81. The van der Waals surface area contributed by atoms with Crippen LogP contribution >= 0.6 is 0 Å². The molecule has 2 rings (SSSR count). The van der Waals surface area contributed by atoms with Crippen LogP contribution in [0, 0.1) is 0 Å². The van der Waals surface area contributed by atoms with E-state index in [1.54, 1.807) is 7.11 Å². The molecular formula is C17H21N3O. The fraction of sp³-hybridized carbons (Fsp3) is 0.235. The van der Waals surface area contributed by atoms with E-state index in [-0.39, 0.29) is 0 Å². The van der Waals surface area contributed by atoms with Crippen molar-refractivity contribution >= 4 is 11.9 Å².